The van der Waals surface area contributed by atoms with Crippen LogP contribution in [-0.2, 0) is 4.74 Å². The van der Waals surface area contributed by atoms with Gasteiger partial charge in [-0.3, -0.25) is 0 Å². The molecule has 0 saturated carbocycles. The zero-order valence-electron chi connectivity index (χ0n) is 13.6. The molecule has 4 heteroatoms. The van der Waals surface area contributed by atoms with E-state index in [1.807, 2.05) is 0 Å². The summed E-state index contributed by atoms with van der Waals surface area (Å²) in [5, 5.41) is 3.74. The summed E-state index contributed by atoms with van der Waals surface area (Å²) < 4.78 is 5.91. The van der Waals surface area contributed by atoms with Gasteiger partial charge >= 0.3 is 0 Å². The topological polar surface area (TPSA) is 27.7 Å². The SMILES string of the molecule is CCCNC1CCN(CC2CN(C)CCO2)CC1CC. The van der Waals surface area contributed by atoms with Crippen LogP contribution in [0.15, 0.2) is 0 Å². The van der Waals surface area contributed by atoms with Gasteiger partial charge in [-0.15, -0.1) is 0 Å². The van der Waals surface area contributed by atoms with E-state index < -0.39 is 0 Å². The number of piperidine rings is 1. The Balaban J connectivity index is 1.77. The van der Waals surface area contributed by atoms with Crippen LogP contribution in [0.25, 0.3) is 0 Å². The largest absolute Gasteiger partial charge is 0.374 e. The molecule has 2 fully saturated rings. The number of nitrogens with zero attached hydrogens (tertiary/aromatic N) is 2. The van der Waals surface area contributed by atoms with Crippen LogP contribution in [-0.4, -0.2) is 74.9 Å². The number of hydrogen-bond donors (Lipinski definition) is 1. The maximum Gasteiger partial charge on any atom is 0.0829 e. The fourth-order valence-corrected chi connectivity index (χ4v) is 3.55. The minimum absolute atomic E-state index is 0.409. The van der Waals surface area contributed by atoms with Crippen molar-refractivity contribution < 1.29 is 4.74 Å². The average Bonchev–Trinajstić information content (AvgIpc) is 2.46. The van der Waals surface area contributed by atoms with Gasteiger partial charge in [-0.2, -0.15) is 0 Å². The summed E-state index contributed by atoms with van der Waals surface area (Å²) in [4.78, 5) is 5.02. The lowest BCUT2D eigenvalue weighted by Crippen LogP contribution is -2.53. The summed E-state index contributed by atoms with van der Waals surface area (Å²) in [6.45, 7) is 12.4. The van der Waals surface area contributed by atoms with Gasteiger partial charge in [-0.1, -0.05) is 20.3 Å². The molecule has 2 aliphatic rings. The lowest BCUT2D eigenvalue weighted by atomic mass is 9.89. The first-order chi connectivity index (χ1) is 9.72. The zero-order valence-corrected chi connectivity index (χ0v) is 13.6. The molecule has 118 valence electrons. The highest BCUT2D eigenvalue weighted by Crippen LogP contribution is 2.21. The maximum atomic E-state index is 5.91. The summed E-state index contributed by atoms with van der Waals surface area (Å²) in [6, 6.07) is 0.728. The zero-order chi connectivity index (χ0) is 14.4. The molecule has 0 bridgehead atoms. The van der Waals surface area contributed by atoms with Crippen molar-refractivity contribution in [3.05, 3.63) is 0 Å². The van der Waals surface area contributed by atoms with Crippen LogP contribution in [0, 0.1) is 5.92 Å². The third-order valence-electron chi connectivity index (χ3n) is 4.80. The van der Waals surface area contributed by atoms with Gasteiger partial charge in [0, 0.05) is 32.2 Å². The monoisotopic (exact) mass is 283 g/mol. The molecular formula is C16H33N3O. The Morgan fingerprint density at radius 1 is 1.20 bits per heavy atom. The van der Waals surface area contributed by atoms with E-state index in [4.69, 9.17) is 4.74 Å². The molecular weight excluding hydrogens is 250 g/mol. The van der Waals surface area contributed by atoms with Crippen LogP contribution < -0.4 is 5.32 Å². The molecule has 3 unspecified atom stereocenters. The average molecular weight is 283 g/mol. The molecule has 2 saturated heterocycles. The number of morpholine rings is 1. The Morgan fingerprint density at radius 3 is 2.75 bits per heavy atom. The van der Waals surface area contributed by atoms with Crippen molar-refractivity contribution in [3.63, 3.8) is 0 Å². The van der Waals surface area contributed by atoms with E-state index in [1.165, 1.54) is 32.4 Å². The minimum atomic E-state index is 0.409. The second-order valence-electron chi connectivity index (χ2n) is 6.53. The van der Waals surface area contributed by atoms with Crippen LogP contribution in [0.2, 0.25) is 0 Å². The highest BCUT2D eigenvalue weighted by molar-refractivity contribution is 4.86. The quantitative estimate of drug-likeness (QED) is 0.798. The van der Waals surface area contributed by atoms with Crippen LogP contribution in [0.4, 0.5) is 0 Å². The van der Waals surface area contributed by atoms with E-state index in [2.05, 4.69) is 36.0 Å². The van der Waals surface area contributed by atoms with Crippen molar-refractivity contribution in [1.29, 1.82) is 0 Å². The van der Waals surface area contributed by atoms with E-state index in [1.54, 1.807) is 0 Å². The van der Waals surface area contributed by atoms with Crippen LogP contribution in [0.5, 0.6) is 0 Å². The molecule has 3 atom stereocenters. The van der Waals surface area contributed by atoms with Crippen LogP contribution >= 0.6 is 0 Å². The van der Waals surface area contributed by atoms with E-state index >= 15 is 0 Å². The minimum Gasteiger partial charge on any atom is -0.374 e. The number of nitrogens with one attached hydrogen (secondary N) is 1. The number of rotatable bonds is 6. The molecule has 2 heterocycles. The molecule has 20 heavy (non-hydrogen) atoms. The molecule has 2 aliphatic heterocycles. The Hall–Kier alpha value is -0.160. The second-order valence-corrected chi connectivity index (χ2v) is 6.53. The summed E-state index contributed by atoms with van der Waals surface area (Å²) in [5.41, 5.74) is 0. The summed E-state index contributed by atoms with van der Waals surface area (Å²) in [5.74, 6) is 0.802. The molecule has 2 rings (SSSR count). The lowest BCUT2D eigenvalue weighted by molar-refractivity contribution is -0.0422. The van der Waals surface area contributed by atoms with E-state index in [-0.39, 0.29) is 0 Å². The molecule has 0 amide bonds. The molecule has 1 N–H and O–H groups in total. The van der Waals surface area contributed by atoms with Crippen molar-refractivity contribution >= 4 is 0 Å². The number of ether oxygens (including phenoxy) is 1. The van der Waals surface area contributed by atoms with Gasteiger partial charge < -0.3 is 19.9 Å². The van der Waals surface area contributed by atoms with Crippen LogP contribution in [0.1, 0.15) is 33.1 Å². The first kappa shape index (κ1) is 16.2. The van der Waals surface area contributed by atoms with Crippen LogP contribution in [0.3, 0.4) is 0 Å². The van der Waals surface area contributed by atoms with E-state index in [0.717, 1.165) is 44.7 Å². The second kappa shape index (κ2) is 8.32. The number of likely N-dealkylation sites (tertiary alicyclic amines) is 1. The first-order valence-corrected chi connectivity index (χ1v) is 8.48. The molecule has 0 radical (unpaired) electrons. The predicted octanol–water partition coefficient (Wildman–Crippen LogP) is 1.42. The summed E-state index contributed by atoms with van der Waals surface area (Å²) in [7, 11) is 2.20. The molecule has 4 nitrogen and oxygen atoms in total. The highest BCUT2D eigenvalue weighted by atomic mass is 16.5. The Kier molecular flexibility index (Phi) is 6.75. The third kappa shape index (κ3) is 4.69. The number of likely N-dealkylation sites (N-methyl/N-ethyl adjacent to an activating group) is 1. The smallest absolute Gasteiger partial charge is 0.0829 e. The predicted molar refractivity (Wildman–Crippen MR) is 84.2 cm³/mol. The highest BCUT2D eigenvalue weighted by Gasteiger charge is 2.29. The number of hydrogen-bond acceptors (Lipinski definition) is 4. The van der Waals surface area contributed by atoms with Gasteiger partial charge in [0.15, 0.2) is 0 Å². The molecule has 0 aromatic carbocycles. The maximum absolute atomic E-state index is 5.91. The fraction of sp³-hybridized carbons (Fsp3) is 1.00. The Morgan fingerprint density at radius 2 is 2.05 bits per heavy atom. The van der Waals surface area contributed by atoms with Crippen molar-refractivity contribution in [1.82, 2.24) is 15.1 Å². The normalized spacial score (nSPS) is 33.5. The third-order valence-corrected chi connectivity index (χ3v) is 4.80. The van der Waals surface area contributed by atoms with E-state index in [0.29, 0.717) is 6.10 Å². The van der Waals surface area contributed by atoms with Crippen molar-refractivity contribution in [2.24, 2.45) is 5.92 Å². The molecule has 0 aromatic heterocycles. The van der Waals surface area contributed by atoms with E-state index in [9.17, 15) is 0 Å². The van der Waals surface area contributed by atoms with Gasteiger partial charge in [-0.05, 0) is 38.9 Å². The standard InChI is InChI=1S/C16H33N3O/c1-4-7-17-16-6-8-19(11-14(16)5-2)13-15-12-18(3)9-10-20-15/h14-17H,4-13H2,1-3H3. The van der Waals surface area contributed by atoms with Crippen molar-refractivity contribution in [2.45, 2.75) is 45.3 Å². The summed E-state index contributed by atoms with van der Waals surface area (Å²) >= 11 is 0. The Labute approximate surface area is 124 Å². The van der Waals surface area contributed by atoms with Crippen molar-refractivity contribution in [3.8, 4) is 0 Å². The van der Waals surface area contributed by atoms with Crippen molar-refractivity contribution in [2.75, 3.05) is 52.9 Å². The molecule has 0 aromatic rings. The lowest BCUT2D eigenvalue weighted by Gasteiger charge is -2.41. The molecule has 0 spiro atoms. The fourth-order valence-electron chi connectivity index (χ4n) is 3.55. The van der Waals surface area contributed by atoms with Gasteiger partial charge in [0.25, 0.3) is 0 Å². The van der Waals surface area contributed by atoms with Gasteiger partial charge in [0.1, 0.15) is 0 Å². The Bertz CT molecular complexity index is 274. The van der Waals surface area contributed by atoms with Gasteiger partial charge in [0.2, 0.25) is 0 Å². The summed E-state index contributed by atoms with van der Waals surface area (Å²) in [6.07, 6.45) is 4.22. The first-order valence-electron chi connectivity index (χ1n) is 8.48. The van der Waals surface area contributed by atoms with Gasteiger partial charge in [-0.25, -0.2) is 0 Å². The molecule has 0 aliphatic carbocycles. The van der Waals surface area contributed by atoms with Gasteiger partial charge in [0.05, 0.1) is 12.7 Å².